The number of hydrogen-bond donors (Lipinski definition) is 1. The minimum atomic E-state index is 0.192. The van der Waals surface area contributed by atoms with E-state index >= 15 is 0 Å². The van der Waals surface area contributed by atoms with Crippen molar-refractivity contribution in [3.05, 3.63) is 35.4 Å². The zero-order valence-electron chi connectivity index (χ0n) is 8.16. The normalized spacial score (nSPS) is 13.4. The van der Waals surface area contributed by atoms with Gasteiger partial charge in [-0.25, -0.2) is 4.98 Å². The third-order valence-electron chi connectivity index (χ3n) is 2.35. The molecule has 0 spiro atoms. The first kappa shape index (κ1) is 9.49. The molecule has 1 N–H and O–H groups in total. The monoisotopic (exact) mass is 209 g/mol. The van der Waals surface area contributed by atoms with Gasteiger partial charge in [0.15, 0.2) is 0 Å². The van der Waals surface area contributed by atoms with Crippen molar-refractivity contribution in [2.24, 2.45) is 0 Å². The quantitative estimate of drug-likeness (QED) is 0.769. The fourth-order valence-corrected chi connectivity index (χ4v) is 1.72. The first-order valence-electron chi connectivity index (χ1n) is 4.53. The zero-order chi connectivity index (χ0) is 10.1. The second-order valence-corrected chi connectivity index (χ2v) is 3.62. The van der Waals surface area contributed by atoms with Gasteiger partial charge < -0.3 is 5.32 Å². The predicted octanol–water partition coefficient (Wildman–Crippen LogP) is 2.27. The summed E-state index contributed by atoms with van der Waals surface area (Å²) in [6.45, 7) is 2.05. The lowest BCUT2D eigenvalue weighted by Gasteiger charge is -2.09. The van der Waals surface area contributed by atoms with Gasteiger partial charge in [0, 0.05) is 0 Å². The van der Waals surface area contributed by atoms with E-state index in [0.717, 1.165) is 11.3 Å². The average molecular weight is 210 g/mol. The standard InChI is InChI=1S/C10H12ClN3/c1-7(12-2)10-13-6-8-4-3-5-9(11)14(8)10/h3-7,12H,1-2H3. The van der Waals surface area contributed by atoms with E-state index in [2.05, 4.69) is 17.2 Å². The number of fused-ring (bicyclic) bond motifs is 1. The van der Waals surface area contributed by atoms with Crippen molar-refractivity contribution >= 4 is 17.1 Å². The molecule has 14 heavy (non-hydrogen) atoms. The molecule has 0 bridgehead atoms. The number of nitrogens with one attached hydrogen (secondary N) is 1. The van der Waals surface area contributed by atoms with Crippen LogP contribution in [0.5, 0.6) is 0 Å². The Bertz CT molecular complexity index is 450. The van der Waals surface area contributed by atoms with Crippen LogP contribution in [0.1, 0.15) is 18.8 Å². The molecule has 4 heteroatoms. The maximum atomic E-state index is 6.10. The molecule has 74 valence electrons. The molecule has 0 aliphatic heterocycles. The van der Waals surface area contributed by atoms with Gasteiger partial charge in [-0.05, 0) is 26.1 Å². The zero-order valence-corrected chi connectivity index (χ0v) is 8.92. The molecule has 0 saturated carbocycles. The van der Waals surface area contributed by atoms with Crippen LogP contribution in [0.25, 0.3) is 5.52 Å². The van der Waals surface area contributed by atoms with E-state index in [1.807, 2.05) is 35.8 Å². The molecule has 0 radical (unpaired) electrons. The van der Waals surface area contributed by atoms with Gasteiger partial charge in [-0.1, -0.05) is 17.7 Å². The Labute approximate surface area is 87.7 Å². The molecule has 0 saturated heterocycles. The van der Waals surface area contributed by atoms with E-state index in [0.29, 0.717) is 5.15 Å². The van der Waals surface area contributed by atoms with Crippen molar-refractivity contribution in [2.75, 3.05) is 7.05 Å². The summed E-state index contributed by atoms with van der Waals surface area (Å²) >= 11 is 6.10. The molecule has 0 aliphatic carbocycles. The van der Waals surface area contributed by atoms with E-state index < -0.39 is 0 Å². The van der Waals surface area contributed by atoms with Crippen LogP contribution >= 0.6 is 11.6 Å². The van der Waals surface area contributed by atoms with Crippen molar-refractivity contribution in [2.45, 2.75) is 13.0 Å². The van der Waals surface area contributed by atoms with Crippen LogP contribution < -0.4 is 5.32 Å². The summed E-state index contributed by atoms with van der Waals surface area (Å²) in [6, 6.07) is 5.97. The molecule has 0 amide bonds. The molecule has 1 atom stereocenters. The Balaban J connectivity index is 2.67. The average Bonchev–Trinajstić information content (AvgIpc) is 2.62. The van der Waals surface area contributed by atoms with Crippen LogP contribution in [-0.2, 0) is 0 Å². The number of aromatic nitrogens is 2. The lowest BCUT2D eigenvalue weighted by atomic mass is 10.3. The summed E-state index contributed by atoms with van der Waals surface area (Å²) in [5.41, 5.74) is 1.02. The molecule has 1 unspecified atom stereocenters. The molecule has 3 nitrogen and oxygen atoms in total. The van der Waals surface area contributed by atoms with E-state index in [4.69, 9.17) is 11.6 Å². The predicted molar refractivity (Wildman–Crippen MR) is 57.7 cm³/mol. The number of halogens is 1. The number of rotatable bonds is 2. The first-order valence-corrected chi connectivity index (χ1v) is 4.91. The van der Waals surface area contributed by atoms with E-state index in [-0.39, 0.29) is 6.04 Å². The summed E-state index contributed by atoms with van der Waals surface area (Å²) in [4.78, 5) is 4.34. The third kappa shape index (κ3) is 1.38. The van der Waals surface area contributed by atoms with Gasteiger partial charge in [-0.3, -0.25) is 4.40 Å². The Morgan fingerprint density at radius 3 is 3.00 bits per heavy atom. The van der Waals surface area contributed by atoms with E-state index in [1.54, 1.807) is 0 Å². The summed E-state index contributed by atoms with van der Waals surface area (Å²) < 4.78 is 1.95. The highest BCUT2D eigenvalue weighted by atomic mass is 35.5. The molecule has 2 aromatic heterocycles. The van der Waals surface area contributed by atoms with Gasteiger partial charge in [-0.2, -0.15) is 0 Å². The molecular formula is C10H12ClN3. The number of imidazole rings is 1. The van der Waals surface area contributed by atoms with Gasteiger partial charge in [-0.15, -0.1) is 0 Å². The Kier molecular flexibility index (Phi) is 2.44. The SMILES string of the molecule is CNC(C)c1ncc2cccc(Cl)n12. The van der Waals surface area contributed by atoms with Crippen molar-refractivity contribution < 1.29 is 0 Å². The maximum Gasteiger partial charge on any atom is 0.131 e. The summed E-state index contributed by atoms with van der Waals surface area (Å²) in [7, 11) is 1.91. The van der Waals surface area contributed by atoms with E-state index in [9.17, 15) is 0 Å². The minimum Gasteiger partial charge on any atom is -0.311 e. The Morgan fingerprint density at radius 1 is 1.50 bits per heavy atom. The van der Waals surface area contributed by atoms with Crippen molar-refractivity contribution in [1.82, 2.24) is 14.7 Å². The second kappa shape index (κ2) is 3.59. The lowest BCUT2D eigenvalue weighted by Crippen LogP contribution is -2.15. The van der Waals surface area contributed by atoms with E-state index in [1.165, 1.54) is 0 Å². The van der Waals surface area contributed by atoms with Crippen LogP contribution in [-0.4, -0.2) is 16.4 Å². The highest BCUT2D eigenvalue weighted by molar-refractivity contribution is 6.29. The Hall–Kier alpha value is -1.06. The second-order valence-electron chi connectivity index (χ2n) is 3.24. The van der Waals surface area contributed by atoms with Crippen LogP contribution in [0.4, 0.5) is 0 Å². The third-order valence-corrected chi connectivity index (χ3v) is 2.65. The fourth-order valence-electron chi connectivity index (χ4n) is 1.47. The van der Waals surface area contributed by atoms with Gasteiger partial charge >= 0.3 is 0 Å². The molecule has 2 rings (SSSR count). The maximum absolute atomic E-state index is 6.10. The molecule has 0 fully saturated rings. The largest absolute Gasteiger partial charge is 0.311 e. The highest BCUT2D eigenvalue weighted by Crippen LogP contribution is 2.19. The van der Waals surface area contributed by atoms with Crippen LogP contribution in [0.3, 0.4) is 0 Å². The molecule has 0 aliphatic rings. The summed E-state index contributed by atoms with van der Waals surface area (Å²) in [6.07, 6.45) is 1.83. The van der Waals surface area contributed by atoms with Gasteiger partial charge in [0.2, 0.25) is 0 Å². The van der Waals surface area contributed by atoms with Gasteiger partial charge in [0.25, 0.3) is 0 Å². The highest BCUT2D eigenvalue weighted by Gasteiger charge is 2.11. The summed E-state index contributed by atoms with van der Waals surface area (Å²) in [5.74, 6) is 0.938. The molecule has 0 aromatic carbocycles. The minimum absolute atomic E-state index is 0.192. The lowest BCUT2D eigenvalue weighted by molar-refractivity contribution is 0.608. The molecule has 2 aromatic rings. The summed E-state index contributed by atoms with van der Waals surface area (Å²) in [5, 5.41) is 3.84. The number of pyridine rings is 1. The first-order chi connectivity index (χ1) is 6.74. The Morgan fingerprint density at radius 2 is 2.29 bits per heavy atom. The molecule has 2 heterocycles. The van der Waals surface area contributed by atoms with Crippen LogP contribution in [0.15, 0.2) is 24.4 Å². The van der Waals surface area contributed by atoms with Crippen LogP contribution in [0, 0.1) is 0 Å². The molecular weight excluding hydrogens is 198 g/mol. The van der Waals surface area contributed by atoms with Crippen molar-refractivity contribution in [3.63, 3.8) is 0 Å². The smallest absolute Gasteiger partial charge is 0.131 e. The van der Waals surface area contributed by atoms with Crippen molar-refractivity contribution in [3.8, 4) is 0 Å². The van der Waals surface area contributed by atoms with Crippen LogP contribution in [0.2, 0.25) is 5.15 Å². The number of nitrogens with zero attached hydrogens (tertiary/aromatic N) is 2. The topological polar surface area (TPSA) is 29.3 Å². The van der Waals surface area contributed by atoms with Crippen molar-refractivity contribution in [1.29, 1.82) is 0 Å². The van der Waals surface area contributed by atoms with Gasteiger partial charge in [0.1, 0.15) is 11.0 Å². The fraction of sp³-hybridized carbons (Fsp3) is 0.300. The van der Waals surface area contributed by atoms with Gasteiger partial charge in [0.05, 0.1) is 17.8 Å². The number of hydrogen-bond acceptors (Lipinski definition) is 2.